The van der Waals surface area contributed by atoms with Crippen LogP contribution in [0.3, 0.4) is 0 Å². The van der Waals surface area contributed by atoms with Gasteiger partial charge in [-0.1, -0.05) is 43.3 Å². The Morgan fingerprint density at radius 2 is 1.90 bits per heavy atom. The molecule has 20 heavy (non-hydrogen) atoms. The molecule has 1 atom stereocenters. The molecule has 3 rings (SSSR count). The molecule has 1 heterocycles. The summed E-state index contributed by atoms with van der Waals surface area (Å²) >= 11 is 0. The molecule has 3 nitrogen and oxygen atoms in total. The zero-order valence-corrected chi connectivity index (χ0v) is 11.7. The molecule has 0 fully saturated rings. The van der Waals surface area contributed by atoms with Gasteiger partial charge in [-0.05, 0) is 34.7 Å². The van der Waals surface area contributed by atoms with Gasteiger partial charge in [0.25, 0.3) is 0 Å². The van der Waals surface area contributed by atoms with Crippen LogP contribution in [0.5, 0.6) is 5.75 Å². The molecule has 3 heteroatoms. The second kappa shape index (κ2) is 5.65. The van der Waals surface area contributed by atoms with E-state index in [1.54, 1.807) is 0 Å². The van der Waals surface area contributed by atoms with Crippen molar-refractivity contribution in [2.45, 2.75) is 25.8 Å². The van der Waals surface area contributed by atoms with Crippen LogP contribution in [-0.2, 0) is 12.8 Å². The fourth-order valence-electron chi connectivity index (χ4n) is 2.72. The fraction of sp³-hybridized carbons (Fsp3) is 0.294. The molecule has 0 saturated carbocycles. The number of ether oxygens (including phenoxy) is 1. The van der Waals surface area contributed by atoms with E-state index in [1.165, 1.54) is 22.3 Å². The summed E-state index contributed by atoms with van der Waals surface area (Å²) in [6.07, 6.45) is 2.03. The lowest BCUT2D eigenvalue weighted by molar-refractivity contribution is 0.357. The van der Waals surface area contributed by atoms with Gasteiger partial charge >= 0.3 is 0 Å². The number of hydrogen-bond donors (Lipinski definition) is 2. The lowest BCUT2D eigenvalue weighted by Crippen LogP contribution is -2.28. The van der Waals surface area contributed by atoms with Gasteiger partial charge in [0.15, 0.2) is 0 Å². The van der Waals surface area contributed by atoms with Crippen molar-refractivity contribution < 1.29 is 4.74 Å². The second-order valence-corrected chi connectivity index (χ2v) is 5.16. The van der Waals surface area contributed by atoms with Gasteiger partial charge in [0.1, 0.15) is 5.75 Å². The Hall–Kier alpha value is -1.84. The van der Waals surface area contributed by atoms with Gasteiger partial charge in [0.2, 0.25) is 0 Å². The lowest BCUT2D eigenvalue weighted by Gasteiger charge is -2.18. The highest BCUT2D eigenvalue weighted by molar-refractivity contribution is 5.43. The van der Waals surface area contributed by atoms with Gasteiger partial charge in [0, 0.05) is 6.42 Å². The van der Waals surface area contributed by atoms with Gasteiger partial charge in [0.05, 0.1) is 12.6 Å². The van der Waals surface area contributed by atoms with Crippen LogP contribution in [0.15, 0.2) is 42.5 Å². The lowest BCUT2D eigenvalue weighted by atomic mass is 9.96. The van der Waals surface area contributed by atoms with E-state index in [9.17, 15) is 0 Å². The molecular formula is C17H20N2O. The highest BCUT2D eigenvalue weighted by atomic mass is 16.5. The molecule has 1 aliphatic rings. The maximum atomic E-state index is 5.77. The first-order chi connectivity index (χ1) is 9.81. The van der Waals surface area contributed by atoms with Crippen LogP contribution in [0.2, 0.25) is 0 Å². The van der Waals surface area contributed by atoms with Crippen LogP contribution in [0, 0.1) is 0 Å². The highest BCUT2D eigenvalue weighted by Crippen LogP contribution is 2.30. The molecule has 0 bridgehead atoms. The number of hydrazine groups is 1. The Kier molecular flexibility index (Phi) is 3.72. The molecular weight excluding hydrogens is 248 g/mol. The van der Waals surface area contributed by atoms with Gasteiger partial charge in [-0.2, -0.15) is 0 Å². The van der Waals surface area contributed by atoms with E-state index in [4.69, 9.17) is 10.6 Å². The summed E-state index contributed by atoms with van der Waals surface area (Å²) in [5.41, 5.74) is 7.90. The van der Waals surface area contributed by atoms with Gasteiger partial charge in [-0.25, -0.2) is 5.43 Å². The summed E-state index contributed by atoms with van der Waals surface area (Å²) in [5, 5.41) is 0. The smallest absolute Gasteiger partial charge is 0.122 e. The minimum absolute atomic E-state index is 0.0202. The molecule has 2 aromatic rings. The monoisotopic (exact) mass is 268 g/mol. The van der Waals surface area contributed by atoms with Crippen molar-refractivity contribution in [2.24, 2.45) is 5.84 Å². The standard InChI is InChI=1S/C17H20N2O/c1-2-12-3-5-13(6-4-12)17(19-18)15-7-8-16-14(11-15)9-10-20-16/h3-8,11,17,19H,2,9-10,18H2,1H3. The summed E-state index contributed by atoms with van der Waals surface area (Å²) in [5.74, 6) is 6.78. The number of nitrogens with two attached hydrogens (primary N) is 1. The number of hydrogen-bond acceptors (Lipinski definition) is 3. The van der Waals surface area contributed by atoms with E-state index >= 15 is 0 Å². The summed E-state index contributed by atoms with van der Waals surface area (Å²) < 4.78 is 5.55. The number of fused-ring (bicyclic) bond motifs is 1. The normalized spacial score (nSPS) is 14.7. The van der Waals surface area contributed by atoms with Gasteiger partial charge in [-0.3, -0.25) is 5.84 Å². The van der Waals surface area contributed by atoms with E-state index in [2.05, 4.69) is 48.7 Å². The largest absolute Gasteiger partial charge is 0.493 e. The van der Waals surface area contributed by atoms with Crippen LogP contribution < -0.4 is 16.0 Å². The van der Waals surface area contributed by atoms with Crippen molar-refractivity contribution >= 4 is 0 Å². The van der Waals surface area contributed by atoms with Crippen LogP contribution in [0.1, 0.15) is 35.2 Å². The molecule has 1 unspecified atom stereocenters. The molecule has 0 amide bonds. The Morgan fingerprint density at radius 3 is 2.60 bits per heavy atom. The Labute approximate surface area is 119 Å². The molecule has 1 aliphatic heterocycles. The van der Waals surface area contributed by atoms with E-state index in [0.717, 1.165) is 25.2 Å². The number of nitrogens with one attached hydrogen (secondary N) is 1. The number of benzene rings is 2. The summed E-state index contributed by atoms with van der Waals surface area (Å²) in [7, 11) is 0. The van der Waals surface area contributed by atoms with Crippen molar-refractivity contribution in [2.75, 3.05) is 6.61 Å². The van der Waals surface area contributed by atoms with Crippen LogP contribution >= 0.6 is 0 Å². The zero-order valence-electron chi connectivity index (χ0n) is 11.7. The first-order valence-electron chi connectivity index (χ1n) is 7.12. The molecule has 2 aromatic carbocycles. The highest BCUT2D eigenvalue weighted by Gasteiger charge is 2.17. The van der Waals surface area contributed by atoms with Crippen LogP contribution in [0.4, 0.5) is 0 Å². The maximum Gasteiger partial charge on any atom is 0.122 e. The summed E-state index contributed by atoms with van der Waals surface area (Å²) in [6, 6.07) is 15.0. The quantitative estimate of drug-likeness (QED) is 0.662. The first kappa shape index (κ1) is 13.2. The molecule has 0 saturated heterocycles. The van der Waals surface area contributed by atoms with E-state index in [1.807, 2.05) is 6.07 Å². The average molecular weight is 268 g/mol. The zero-order chi connectivity index (χ0) is 13.9. The molecule has 0 spiro atoms. The number of rotatable bonds is 4. The van der Waals surface area contributed by atoms with Gasteiger partial charge < -0.3 is 4.74 Å². The first-order valence-corrected chi connectivity index (χ1v) is 7.12. The molecule has 3 N–H and O–H groups in total. The van der Waals surface area contributed by atoms with Crippen molar-refractivity contribution in [1.82, 2.24) is 5.43 Å². The predicted molar refractivity (Wildman–Crippen MR) is 80.6 cm³/mol. The topological polar surface area (TPSA) is 47.3 Å². The van der Waals surface area contributed by atoms with Gasteiger partial charge in [-0.15, -0.1) is 0 Å². The minimum Gasteiger partial charge on any atom is -0.493 e. The van der Waals surface area contributed by atoms with Crippen molar-refractivity contribution in [1.29, 1.82) is 0 Å². The third kappa shape index (κ3) is 2.42. The van der Waals surface area contributed by atoms with Crippen molar-refractivity contribution in [3.8, 4) is 5.75 Å². The summed E-state index contributed by atoms with van der Waals surface area (Å²) in [6.45, 7) is 2.94. The van der Waals surface area contributed by atoms with Crippen molar-refractivity contribution in [3.05, 3.63) is 64.7 Å². The van der Waals surface area contributed by atoms with Crippen LogP contribution in [-0.4, -0.2) is 6.61 Å². The second-order valence-electron chi connectivity index (χ2n) is 5.16. The van der Waals surface area contributed by atoms with E-state index in [-0.39, 0.29) is 6.04 Å². The van der Waals surface area contributed by atoms with E-state index in [0.29, 0.717) is 0 Å². The van der Waals surface area contributed by atoms with Crippen LogP contribution in [0.25, 0.3) is 0 Å². The molecule has 0 radical (unpaired) electrons. The third-order valence-electron chi connectivity index (χ3n) is 3.93. The Morgan fingerprint density at radius 1 is 1.15 bits per heavy atom. The Balaban J connectivity index is 1.92. The Bertz CT molecular complexity index is 592. The summed E-state index contributed by atoms with van der Waals surface area (Å²) in [4.78, 5) is 0. The van der Waals surface area contributed by atoms with Crippen molar-refractivity contribution in [3.63, 3.8) is 0 Å². The third-order valence-corrected chi connectivity index (χ3v) is 3.93. The number of aryl methyl sites for hydroxylation is 1. The molecule has 0 aliphatic carbocycles. The molecule has 104 valence electrons. The minimum atomic E-state index is 0.0202. The average Bonchev–Trinajstić information content (AvgIpc) is 2.96. The predicted octanol–water partition coefficient (Wildman–Crippen LogP) is 2.74. The van der Waals surface area contributed by atoms with E-state index < -0.39 is 0 Å². The SMILES string of the molecule is CCc1ccc(C(NN)c2ccc3c(c2)CCO3)cc1. The molecule has 0 aromatic heterocycles. The fourth-order valence-corrected chi connectivity index (χ4v) is 2.72. The maximum absolute atomic E-state index is 5.77.